The van der Waals surface area contributed by atoms with Crippen LogP contribution in [0, 0.1) is 13.8 Å². The van der Waals surface area contributed by atoms with E-state index in [1.165, 1.54) is 6.07 Å². The maximum Gasteiger partial charge on any atom is 0.276 e. The number of nitrogens with zero attached hydrogens (tertiary/aromatic N) is 4. The van der Waals surface area contributed by atoms with Gasteiger partial charge in [-0.2, -0.15) is 0 Å². The molecule has 2 aromatic heterocycles. The molecule has 1 fully saturated rings. The molecule has 2 aromatic rings. The minimum Gasteiger partial charge on any atom is -0.445 e. The Kier molecular flexibility index (Phi) is 4.13. The first-order chi connectivity index (χ1) is 11.3. The largest absolute Gasteiger partial charge is 0.445 e. The molecule has 1 N–H and O–H groups in total. The van der Waals surface area contributed by atoms with Gasteiger partial charge in [-0.15, -0.1) is 0 Å². The van der Waals surface area contributed by atoms with E-state index in [0.717, 1.165) is 6.42 Å². The van der Waals surface area contributed by atoms with E-state index in [-0.39, 0.29) is 17.4 Å². The Morgan fingerprint density at radius 2 is 2.12 bits per heavy atom. The van der Waals surface area contributed by atoms with E-state index in [2.05, 4.69) is 15.0 Å². The number of amides is 1. The number of likely N-dealkylation sites (tertiary alicyclic amines) is 1. The number of oxazole rings is 1. The third kappa shape index (κ3) is 3.04. The van der Waals surface area contributed by atoms with Crippen molar-refractivity contribution < 1.29 is 9.21 Å². The summed E-state index contributed by atoms with van der Waals surface area (Å²) >= 11 is 0. The van der Waals surface area contributed by atoms with Crippen LogP contribution >= 0.6 is 0 Å². The molecule has 1 amide bonds. The molecule has 0 saturated carbocycles. The zero-order chi connectivity index (χ0) is 17.4. The minimum absolute atomic E-state index is 0.0447. The van der Waals surface area contributed by atoms with Crippen LogP contribution in [0.1, 0.15) is 40.2 Å². The summed E-state index contributed by atoms with van der Waals surface area (Å²) in [6.45, 7) is 4.59. The first kappa shape index (κ1) is 16.2. The fourth-order valence-corrected chi connectivity index (χ4v) is 2.95. The Hall–Kier alpha value is -2.64. The summed E-state index contributed by atoms with van der Waals surface area (Å²) in [6.07, 6.45) is 0.769. The van der Waals surface area contributed by atoms with Gasteiger partial charge in [-0.3, -0.25) is 14.6 Å². The molecule has 0 radical (unpaired) electrons. The van der Waals surface area contributed by atoms with Gasteiger partial charge in [0.1, 0.15) is 5.76 Å². The maximum absolute atomic E-state index is 12.6. The highest BCUT2D eigenvalue weighted by molar-refractivity contribution is 5.93. The molecule has 8 heteroatoms. The predicted octanol–water partition coefficient (Wildman–Crippen LogP) is 1.07. The zero-order valence-electron chi connectivity index (χ0n) is 14.3. The van der Waals surface area contributed by atoms with Crippen molar-refractivity contribution in [3.8, 4) is 0 Å². The third-order valence-electron chi connectivity index (χ3n) is 4.17. The number of nitrogens with one attached hydrogen (secondary N) is 1. The molecular formula is C16H21N5O3. The van der Waals surface area contributed by atoms with E-state index in [4.69, 9.17) is 4.42 Å². The average molecular weight is 331 g/mol. The smallest absolute Gasteiger partial charge is 0.276 e. The lowest BCUT2D eigenvalue weighted by atomic mass is 10.1. The number of carbonyl (C=O) groups is 1. The van der Waals surface area contributed by atoms with Crippen molar-refractivity contribution in [3.63, 3.8) is 0 Å². The Balaban J connectivity index is 1.79. The number of hydrogen-bond acceptors (Lipinski definition) is 6. The van der Waals surface area contributed by atoms with Crippen molar-refractivity contribution in [1.29, 1.82) is 0 Å². The lowest BCUT2D eigenvalue weighted by Gasteiger charge is -2.16. The summed E-state index contributed by atoms with van der Waals surface area (Å²) < 4.78 is 5.34. The Morgan fingerprint density at radius 3 is 2.75 bits per heavy atom. The normalized spacial score (nSPS) is 17.3. The van der Waals surface area contributed by atoms with E-state index in [9.17, 15) is 9.59 Å². The quantitative estimate of drug-likeness (QED) is 0.904. The van der Waals surface area contributed by atoms with Gasteiger partial charge in [0.05, 0.1) is 5.69 Å². The van der Waals surface area contributed by atoms with Crippen molar-refractivity contribution in [2.45, 2.75) is 26.2 Å². The molecule has 128 valence electrons. The van der Waals surface area contributed by atoms with Crippen LogP contribution in [0.15, 0.2) is 15.3 Å². The van der Waals surface area contributed by atoms with Gasteiger partial charge in [-0.25, -0.2) is 9.97 Å². The van der Waals surface area contributed by atoms with Gasteiger partial charge in [0.2, 0.25) is 5.95 Å². The van der Waals surface area contributed by atoms with Crippen LogP contribution in [0.5, 0.6) is 0 Å². The fourth-order valence-electron chi connectivity index (χ4n) is 2.95. The SMILES string of the molecule is Cc1nc(C(=O)N2CCC(c3cc(=O)[nH]c(N(C)C)n3)C2)c(C)o1. The summed E-state index contributed by atoms with van der Waals surface area (Å²) in [6, 6.07) is 1.51. The number of carbonyl (C=O) groups excluding carboxylic acids is 1. The molecule has 0 aromatic carbocycles. The van der Waals surface area contributed by atoms with Gasteiger partial charge >= 0.3 is 0 Å². The molecule has 0 bridgehead atoms. The number of rotatable bonds is 3. The van der Waals surface area contributed by atoms with Crippen LogP contribution in [0.2, 0.25) is 0 Å². The molecule has 0 spiro atoms. The van der Waals surface area contributed by atoms with E-state index in [1.54, 1.807) is 23.6 Å². The first-order valence-electron chi connectivity index (χ1n) is 7.87. The van der Waals surface area contributed by atoms with Crippen LogP contribution in [0.4, 0.5) is 5.95 Å². The lowest BCUT2D eigenvalue weighted by molar-refractivity contribution is 0.0784. The minimum atomic E-state index is -0.184. The summed E-state index contributed by atoms with van der Waals surface area (Å²) in [5.41, 5.74) is 0.892. The highest BCUT2D eigenvalue weighted by atomic mass is 16.4. The maximum atomic E-state index is 12.6. The van der Waals surface area contributed by atoms with E-state index in [1.807, 2.05) is 14.1 Å². The second-order valence-corrected chi connectivity index (χ2v) is 6.26. The topological polar surface area (TPSA) is 95.3 Å². The van der Waals surface area contributed by atoms with Crippen molar-refractivity contribution in [2.75, 3.05) is 32.1 Å². The predicted molar refractivity (Wildman–Crippen MR) is 88.4 cm³/mol. The highest BCUT2D eigenvalue weighted by Crippen LogP contribution is 2.27. The van der Waals surface area contributed by atoms with Crippen LogP contribution in [-0.4, -0.2) is 52.9 Å². The van der Waals surface area contributed by atoms with Gasteiger partial charge in [0, 0.05) is 46.1 Å². The van der Waals surface area contributed by atoms with E-state index < -0.39 is 0 Å². The van der Waals surface area contributed by atoms with Crippen LogP contribution < -0.4 is 10.5 Å². The average Bonchev–Trinajstić information content (AvgIpc) is 3.12. The monoisotopic (exact) mass is 331 g/mol. The Labute approximate surface area is 139 Å². The van der Waals surface area contributed by atoms with Crippen molar-refractivity contribution in [2.24, 2.45) is 0 Å². The van der Waals surface area contributed by atoms with E-state index >= 15 is 0 Å². The van der Waals surface area contributed by atoms with Crippen LogP contribution in [-0.2, 0) is 0 Å². The fraction of sp³-hybridized carbons (Fsp3) is 0.500. The molecule has 24 heavy (non-hydrogen) atoms. The van der Waals surface area contributed by atoms with Gasteiger partial charge < -0.3 is 14.2 Å². The Morgan fingerprint density at radius 1 is 1.38 bits per heavy atom. The van der Waals surface area contributed by atoms with Gasteiger partial charge in [0.15, 0.2) is 11.6 Å². The molecule has 0 aliphatic carbocycles. The summed E-state index contributed by atoms with van der Waals surface area (Å²) in [5, 5.41) is 0. The molecular weight excluding hydrogens is 310 g/mol. The first-order valence-corrected chi connectivity index (χ1v) is 7.87. The van der Waals surface area contributed by atoms with Crippen LogP contribution in [0.25, 0.3) is 0 Å². The number of aromatic amines is 1. The number of aromatic nitrogens is 3. The highest BCUT2D eigenvalue weighted by Gasteiger charge is 2.31. The number of hydrogen-bond donors (Lipinski definition) is 1. The number of aryl methyl sites for hydroxylation is 2. The molecule has 3 rings (SSSR count). The standard InChI is InChI=1S/C16H21N5O3/c1-9-14(17-10(2)24-9)15(23)21-6-5-11(8-21)12-7-13(22)19-16(18-12)20(3)4/h7,11H,5-6,8H2,1-4H3,(H,18,19,22). The third-order valence-corrected chi connectivity index (χ3v) is 4.17. The number of anilines is 1. The van der Waals surface area contributed by atoms with Crippen LogP contribution in [0.3, 0.4) is 0 Å². The van der Waals surface area contributed by atoms with Gasteiger partial charge in [0.25, 0.3) is 11.5 Å². The summed E-state index contributed by atoms with van der Waals surface area (Å²) in [4.78, 5) is 39.3. The molecule has 1 saturated heterocycles. The molecule has 1 unspecified atom stereocenters. The zero-order valence-corrected chi connectivity index (χ0v) is 14.3. The van der Waals surface area contributed by atoms with Crippen molar-refractivity contribution in [3.05, 3.63) is 39.5 Å². The summed E-state index contributed by atoms with van der Waals surface area (Å²) in [7, 11) is 3.64. The van der Waals surface area contributed by atoms with Gasteiger partial charge in [-0.1, -0.05) is 0 Å². The van der Waals surface area contributed by atoms with Crippen molar-refractivity contribution in [1.82, 2.24) is 19.9 Å². The lowest BCUT2D eigenvalue weighted by Crippen LogP contribution is -2.29. The molecule has 1 aliphatic rings. The van der Waals surface area contributed by atoms with E-state index in [0.29, 0.717) is 42.1 Å². The Bertz CT molecular complexity index is 823. The summed E-state index contributed by atoms with van der Waals surface area (Å²) in [5.74, 6) is 1.45. The molecule has 3 heterocycles. The number of H-pyrrole nitrogens is 1. The van der Waals surface area contributed by atoms with Gasteiger partial charge in [-0.05, 0) is 13.3 Å². The molecule has 1 atom stereocenters. The molecule has 8 nitrogen and oxygen atoms in total. The second-order valence-electron chi connectivity index (χ2n) is 6.26. The van der Waals surface area contributed by atoms with Crippen molar-refractivity contribution >= 4 is 11.9 Å². The molecule has 1 aliphatic heterocycles. The second kappa shape index (κ2) is 6.10.